The maximum atomic E-state index is 13.3. The molecule has 0 fully saturated rings. The van der Waals surface area contributed by atoms with Crippen LogP contribution >= 0.6 is 0 Å². The van der Waals surface area contributed by atoms with Gasteiger partial charge < -0.3 is 14.3 Å². The van der Waals surface area contributed by atoms with Crippen molar-refractivity contribution in [2.75, 3.05) is 0 Å². The quantitative estimate of drug-likeness (QED) is 0.549. The van der Waals surface area contributed by atoms with Gasteiger partial charge in [0.2, 0.25) is 0 Å². The van der Waals surface area contributed by atoms with Crippen LogP contribution in [-0.4, -0.2) is 15.8 Å². The number of hydrogen-bond donors (Lipinski definition) is 1. The molecule has 0 unspecified atom stereocenters. The van der Waals surface area contributed by atoms with E-state index < -0.39 is 5.82 Å². The third-order valence-electron chi connectivity index (χ3n) is 4.83. The van der Waals surface area contributed by atoms with Crippen LogP contribution < -0.4 is 5.56 Å². The van der Waals surface area contributed by atoms with Crippen molar-refractivity contribution >= 4 is 16.8 Å². The molecule has 2 aromatic carbocycles. The lowest BCUT2D eigenvalue weighted by atomic mass is 10.1. The minimum Gasteiger partial charge on any atom is -0.467 e. The number of carbonyl (C=O) groups is 1. The molecular weight excluding hydrogens is 371 g/mol. The second-order valence-electron chi connectivity index (χ2n) is 6.91. The second kappa shape index (κ2) is 7.75. The average Bonchev–Trinajstić information content (AvgIpc) is 3.22. The summed E-state index contributed by atoms with van der Waals surface area (Å²) < 4.78 is 18.6. The second-order valence-corrected chi connectivity index (χ2v) is 6.91. The summed E-state index contributed by atoms with van der Waals surface area (Å²) in [4.78, 5) is 30.1. The monoisotopic (exact) mass is 390 g/mol. The first kappa shape index (κ1) is 18.7. The molecule has 146 valence electrons. The number of nitrogens with zero attached hydrogens (tertiary/aromatic N) is 1. The van der Waals surface area contributed by atoms with Gasteiger partial charge in [0.05, 0.1) is 24.9 Å². The number of halogens is 1. The average molecular weight is 390 g/mol. The lowest BCUT2D eigenvalue weighted by Crippen LogP contribution is -2.32. The summed E-state index contributed by atoms with van der Waals surface area (Å²) in [6.07, 6.45) is 1.53. The van der Waals surface area contributed by atoms with Crippen LogP contribution in [0.15, 0.2) is 76.1 Å². The van der Waals surface area contributed by atoms with Gasteiger partial charge in [-0.3, -0.25) is 9.59 Å². The van der Waals surface area contributed by atoms with Crippen LogP contribution in [0.2, 0.25) is 0 Å². The molecule has 4 rings (SSSR count). The molecule has 29 heavy (non-hydrogen) atoms. The number of fused-ring (bicyclic) bond motifs is 1. The number of carbonyl (C=O) groups excluding carboxylic acids is 1. The van der Waals surface area contributed by atoms with Crippen molar-refractivity contribution in [1.29, 1.82) is 0 Å². The van der Waals surface area contributed by atoms with E-state index in [0.717, 1.165) is 16.5 Å². The summed E-state index contributed by atoms with van der Waals surface area (Å²) >= 11 is 0. The van der Waals surface area contributed by atoms with E-state index in [0.29, 0.717) is 16.9 Å². The van der Waals surface area contributed by atoms with Gasteiger partial charge in [-0.15, -0.1) is 0 Å². The van der Waals surface area contributed by atoms with Gasteiger partial charge in [0, 0.05) is 11.1 Å². The smallest absolute Gasteiger partial charge is 0.254 e. The van der Waals surface area contributed by atoms with E-state index in [-0.39, 0.29) is 24.6 Å². The van der Waals surface area contributed by atoms with Crippen molar-refractivity contribution in [2.24, 2.45) is 0 Å². The number of H-pyrrole nitrogens is 1. The molecule has 0 spiro atoms. The number of aryl methyl sites for hydroxylation is 1. The number of aromatic amines is 1. The Morgan fingerprint density at radius 3 is 2.59 bits per heavy atom. The Kier molecular flexibility index (Phi) is 4.99. The van der Waals surface area contributed by atoms with Crippen LogP contribution in [0.1, 0.15) is 27.2 Å². The highest BCUT2D eigenvalue weighted by atomic mass is 19.1. The van der Waals surface area contributed by atoms with E-state index in [1.54, 1.807) is 18.2 Å². The minimum atomic E-state index is -0.416. The molecule has 0 saturated carbocycles. The fraction of sp³-hybridized carbons (Fsp3) is 0.130. The molecule has 1 N–H and O–H groups in total. The van der Waals surface area contributed by atoms with Crippen molar-refractivity contribution in [3.63, 3.8) is 0 Å². The number of benzene rings is 2. The zero-order valence-corrected chi connectivity index (χ0v) is 15.8. The van der Waals surface area contributed by atoms with Crippen LogP contribution in [0.25, 0.3) is 10.9 Å². The van der Waals surface area contributed by atoms with Crippen molar-refractivity contribution in [1.82, 2.24) is 9.88 Å². The maximum absolute atomic E-state index is 13.3. The van der Waals surface area contributed by atoms with Gasteiger partial charge >= 0.3 is 0 Å². The number of rotatable bonds is 5. The molecule has 5 nitrogen and oxygen atoms in total. The number of pyridine rings is 1. The maximum Gasteiger partial charge on any atom is 0.254 e. The standard InChI is InChI=1S/C23H19FN2O3/c1-15-4-2-5-17-12-18(22(27)25-21(15)17)13-26(14-20-6-3-11-29-20)23(28)16-7-9-19(24)10-8-16/h2-12H,13-14H2,1H3,(H,25,27). The topological polar surface area (TPSA) is 66.3 Å². The summed E-state index contributed by atoms with van der Waals surface area (Å²) in [5.74, 6) is -0.140. The van der Waals surface area contributed by atoms with Crippen LogP contribution in [0.3, 0.4) is 0 Å². The van der Waals surface area contributed by atoms with Gasteiger partial charge in [-0.05, 0) is 60.3 Å². The van der Waals surface area contributed by atoms with Crippen molar-refractivity contribution in [3.8, 4) is 0 Å². The van der Waals surface area contributed by atoms with Crippen molar-refractivity contribution in [2.45, 2.75) is 20.0 Å². The molecule has 0 radical (unpaired) electrons. The molecule has 0 aliphatic heterocycles. The number of amides is 1. The number of para-hydroxylation sites is 1. The van der Waals surface area contributed by atoms with Gasteiger partial charge in [-0.25, -0.2) is 4.39 Å². The minimum absolute atomic E-state index is 0.0934. The molecule has 2 heterocycles. The van der Waals surface area contributed by atoms with Crippen LogP contribution in [-0.2, 0) is 13.1 Å². The zero-order chi connectivity index (χ0) is 20.4. The van der Waals surface area contributed by atoms with E-state index in [1.807, 2.05) is 25.1 Å². The predicted molar refractivity (Wildman–Crippen MR) is 108 cm³/mol. The van der Waals surface area contributed by atoms with Crippen molar-refractivity contribution in [3.05, 3.63) is 106 Å². The molecule has 2 aromatic heterocycles. The first-order valence-corrected chi connectivity index (χ1v) is 9.20. The summed E-state index contributed by atoms with van der Waals surface area (Å²) in [7, 11) is 0. The van der Waals surface area contributed by atoms with Gasteiger partial charge in [0.15, 0.2) is 0 Å². The highest BCUT2D eigenvalue weighted by Gasteiger charge is 2.19. The zero-order valence-electron chi connectivity index (χ0n) is 15.8. The fourth-order valence-electron chi connectivity index (χ4n) is 3.32. The van der Waals surface area contributed by atoms with Gasteiger partial charge in [0.25, 0.3) is 11.5 Å². The van der Waals surface area contributed by atoms with E-state index in [2.05, 4.69) is 4.98 Å². The largest absolute Gasteiger partial charge is 0.467 e. The molecule has 6 heteroatoms. The van der Waals surface area contributed by atoms with Crippen LogP contribution in [0.5, 0.6) is 0 Å². The van der Waals surface area contributed by atoms with Gasteiger partial charge in [0.1, 0.15) is 11.6 Å². The summed E-state index contributed by atoms with van der Waals surface area (Å²) in [6.45, 7) is 2.21. The molecule has 1 amide bonds. The Labute approximate surface area is 166 Å². The summed E-state index contributed by atoms with van der Waals surface area (Å²) in [5, 5.41) is 0.895. The first-order valence-electron chi connectivity index (χ1n) is 9.20. The third-order valence-corrected chi connectivity index (χ3v) is 4.83. The first-order chi connectivity index (χ1) is 14.0. The summed E-state index contributed by atoms with van der Waals surface area (Å²) in [6, 6.07) is 16.4. The molecule has 0 aliphatic carbocycles. The Morgan fingerprint density at radius 2 is 1.86 bits per heavy atom. The number of nitrogens with one attached hydrogen (secondary N) is 1. The van der Waals surface area contributed by atoms with Gasteiger partial charge in [-0.2, -0.15) is 0 Å². The molecule has 0 saturated heterocycles. The normalized spacial score (nSPS) is 11.0. The van der Waals surface area contributed by atoms with E-state index in [9.17, 15) is 14.0 Å². The Balaban J connectivity index is 1.70. The van der Waals surface area contributed by atoms with Crippen molar-refractivity contribution < 1.29 is 13.6 Å². The highest BCUT2D eigenvalue weighted by Crippen LogP contribution is 2.18. The SMILES string of the molecule is Cc1cccc2cc(CN(Cc3ccco3)C(=O)c3ccc(F)cc3)c(=O)[nH]c12. The van der Waals surface area contributed by atoms with E-state index in [1.165, 1.54) is 35.4 Å². The Bertz CT molecular complexity index is 1210. The molecular formula is C23H19FN2O3. The lowest BCUT2D eigenvalue weighted by molar-refractivity contribution is 0.0717. The third kappa shape index (κ3) is 3.96. The lowest BCUT2D eigenvalue weighted by Gasteiger charge is -2.22. The number of hydrogen-bond acceptors (Lipinski definition) is 3. The summed E-state index contributed by atoms with van der Waals surface area (Å²) in [5.41, 5.74) is 2.31. The Morgan fingerprint density at radius 1 is 1.07 bits per heavy atom. The Hall–Kier alpha value is -3.67. The van der Waals surface area contributed by atoms with Crippen LogP contribution in [0, 0.1) is 12.7 Å². The highest BCUT2D eigenvalue weighted by molar-refractivity contribution is 5.94. The van der Waals surface area contributed by atoms with E-state index >= 15 is 0 Å². The molecule has 0 aliphatic rings. The molecule has 0 atom stereocenters. The van der Waals surface area contributed by atoms with Gasteiger partial charge in [-0.1, -0.05) is 18.2 Å². The van der Waals surface area contributed by atoms with Crippen LogP contribution in [0.4, 0.5) is 4.39 Å². The predicted octanol–water partition coefficient (Wildman–Crippen LogP) is 4.41. The van der Waals surface area contributed by atoms with E-state index in [4.69, 9.17) is 4.42 Å². The molecule has 4 aromatic rings. The number of aromatic nitrogens is 1. The fourth-order valence-corrected chi connectivity index (χ4v) is 3.32. The molecule has 0 bridgehead atoms. The number of furan rings is 1.